The molecule has 1 atom stereocenters. The van der Waals surface area contributed by atoms with Gasteiger partial charge in [-0.3, -0.25) is 14.4 Å². The highest BCUT2D eigenvalue weighted by Gasteiger charge is 2.33. The fourth-order valence-electron chi connectivity index (χ4n) is 3.04. The predicted molar refractivity (Wildman–Crippen MR) is 106 cm³/mol. The number of hydrogen-bond donors (Lipinski definition) is 2. The minimum atomic E-state index is -0.467. The van der Waals surface area contributed by atoms with E-state index in [1.807, 2.05) is 24.3 Å². The molecule has 3 amide bonds. The highest BCUT2D eigenvalue weighted by atomic mass is 16.5. The number of nitrogens with zero attached hydrogens (tertiary/aromatic N) is 1. The molecule has 1 aliphatic heterocycles. The normalized spacial score (nSPS) is 16.1. The number of rotatable bonds is 7. The minimum Gasteiger partial charge on any atom is -0.484 e. The van der Waals surface area contributed by atoms with E-state index in [0.717, 1.165) is 12.1 Å². The van der Waals surface area contributed by atoms with Gasteiger partial charge in [0.2, 0.25) is 11.8 Å². The Kier molecular flexibility index (Phi) is 5.93. The summed E-state index contributed by atoms with van der Waals surface area (Å²) in [5.41, 5.74) is 7.88. The molecule has 1 aliphatic rings. The van der Waals surface area contributed by atoms with Crippen molar-refractivity contribution in [3.8, 4) is 5.75 Å². The van der Waals surface area contributed by atoms with Crippen LogP contribution in [-0.4, -0.2) is 30.9 Å². The minimum absolute atomic E-state index is 0.124. The Labute approximate surface area is 163 Å². The topological polar surface area (TPSA) is 102 Å². The third-order valence-electron chi connectivity index (χ3n) is 4.69. The molecule has 1 saturated heterocycles. The van der Waals surface area contributed by atoms with Crippen molar-refractivity contribution in [1.29, 1.82) is 0 Å². The number of carbonyl (C=O) groups is 3. The molecule has 0 bridgehead atoms. The van der Waals surface area contributed by atoms with Crippen molar-refractivity contribution in [2.45, 2.75) is 19.8 Å². The molecule has 146 valence electrons. The number of amides is 3. The second-order valence-electron chi connectivity index (χ2n) is 6.69. The molecule has 7 heteroatoms. The van der Waals surface area contributed by atoms with Crippen LogP contribution in [0.15, 0.2) is 48.5 Å². The third kappa shape index (κ3) is 4.68. The van der Waals surface area contributed by atoms with Crippen LogP contribution in [0.2, 0.25) is 0 Å². The van der Waals surface area contributed by atoms with Crippen molar-refractivity contribution >= 4 is 29.1 Å². The molecule has 2 aromatic carbocycles. The number of hydrogen-bond acceptors (Lipinski definition) is 4. The molecular formula is C21H23N3O4. The lowest BCUT2D eigenvalue weighted by Crippen LogP contribution is -2.28. The highest BCUT2D eigenvalue weighted by molar-refractivity contribution is 6.00. The molecule has 0 aliphatic carbocycles. The number of anilines is 2. The largest absolute Gasteiger partial charge is 0.484 e. The summed E-state index contributed by atoms with van der Waals surface area (Å²) in [6.45, 7) is 2.23. The van der Waals surface area contributed by atoms with E-state index < -0.39 is 11.8 Å². The van der Waals surface area contributed by atoms with Gasteiger partial charge in [0.05, 0.1) is 5.92 Å². The molecule has 1 heterocycles. The lowest BCUT2D eigenvalue weighted by Gasteiger charge is -2.16. The first-order chi connectivity index (χ1) is 13.5. The van der Waals surface area contributed by atoms with Gasteiger partial charge in [-0.25, -0.2) is 0 Å². The van der Waals surface area contributed by atoms with Crippen LogP contribution in [0.1, 0.15) is 18.9 Å². The molecule has 0 aromatic heterocycles. The molecule has 0 radical (unpaired) electrons. The first kappa shape index (κ1) is 19.4. The summed E-state index contributed by atoms with van der Waals surface area (Å²) in [7, 11) is 0. The Morgan fingerprint density at radius 2 is 1.82 bits per heavy atom. The summed E-state index contributed by atoms with van der Waals surface area (Å²) in [5, 5.41) is 2.78. The first-order valence-corrected chi connectivity index (χ1v) is 9.17. The van der Waals surface area contributed by atoms with E-state index in [-0.39, 0.29) is 31.4 Å². The molecule has 3 rings (SSSR count). The van der Waals surface area contributed by atoms with Crippen LogP contribution >= 0.6 is 0 Å². The van der Waals surface area contributed by atoms with Crippen LogP contribution in [0.5, 0.6) is 5.75 Å². The molecule has 28 heavy (non-hydrogen) atoms. The second kappa shape index (κ2) is 8.56. The maximum absolute atomic E-state index is 12.0. The fourth-order valence-corrected chi connectivity index (χ4v) is 3.04. The van der Waals surface area contributed by atoms with Crippen LogP contribution in [-0.2, 0) is 20.8 Å². The monoisotopic (exact) mass is 381 g/mol. The quantitative estimate of drug-likeness (QED) is 0.767. The first-order valence-electron chi connectivity index (χ1n) is 9.17. The van der Waals surface area contributed by atoms with Crippen molar-refractivity contribution in [1.82, 2.24) is 0 Å². The number of nitrogens with one attached hydrogen (secondary N) is 1. The van der Waals surface area contributed by atoms with Gasteiger partial charge in [0.15, 0.2) is 6.61 Å². The van der Waals surface area contributed by atoms with Crippen LogP contribution in [0.4, 0.5) is 11.4 Å². The van der Waals surface area contributed by atoms with Gasteiger partial charge in [0, 0.05) is 24.3 Å². The van der Waals surface area contributed by atoms with Crippen LogP contribution in [0.3, 0.4) is 0 Å². The van der Waals surface area contributed by atoms with Crippen molar-refractivity contribution in [3.05, 3.63) is 54.1 Å². The van der Waals surface area contributed by atoms with Crippen molar-refractivity contribution in [3.63, 3.8) is 0 Å². The standard InChI is InChI=1S/C21H23N3O4/c1-2-14-3-5-16(6-4-14)23-19(25)13-28-18-9-7-17(8-10-18)24-12-15(21(22)27)11-20(24)26/h3-10,15H,2,11-13H2,1H3,(H2,22,27)(H,23,25)/t15-/m0/s1. The SMILES string of the molecule is CCc1ccc(NC(=O)COc2ccc(N3C[C@@H](C(N)=O)CC3=O)cc2)cc1. The smallest absolute Gasteiger partial charge is 0.262 e. The van der Waals surface area contributed by atoms with Gasteiger partial charge in [-0.15, -0.1) is 0 Å². The zero-order chi connectivity index (χ0) is 20.1. The zero-order valence-electron chi connectivity index (χ0n) is 15.7. The van der Waals surface area contributed by atoms with Gasteiger partial charge < -0.3 is 20.7 Å². The average Bonchev–Trinajstić information content (AvgIpc) is 3.09. The number of nitrogens with two attached hydrogens (primary N) is 1. The molecule has 0 spiro atoms. The van der Waals surface area contributed by atoms with Crippen LogP contribution < -0.4 is 20.7 Å². The van der Waals surface area contributed by atoms with Gasteiger partial charge in [0.25, 0.3) is 5.91 Å². The molecule has 7 nitrogen and oxygen atoms in total. The molecular weight excluding hydrogens is 358 g/mol. The Bertz CT molecular complexity index is 862. The van der Waals surface area contributed by atoms with E-state index in [9.17, 15) is 14.4 Å². The summed E-state index contributed by atoms with van der Waals surface area (Å²) in [4.78, 5) is 36.9. The molecule has 1 fully saturated rings. The summed E-state index contributed by atoms with van der Waals surface area (Å²) in [6.07, 6.45) is 1.08. The predicted octanol–water partition coefficient (Wildman–Crippen LogP) is 2.10. The maximum atomic E-state index is 12.0. The average molecular weight is 381 g/mol. The lowest BCUT2D eigenvalue weighted by molar-refractivity contribution is -0.123. The highest BCUT2D eigenvalue weighted by Crippen LogP contribution is 2.26. The Hall–Kier alpha value is -3.35. The van der Waals surface area contributed by atoms with E-state index >= 15 is 0 Å². The van der Waals surface area contributed by atoms with Crippen molar-refractivity contribution in [2.24, 2.45) is 11.7 Å². The van der Waals surface area contributed by atoms with Gasteiger partial charge in [-0.1, -0.05) is 19.1 Å². The summed E-state index contributed by atoms with van der Waals surface area (Å²) < 4.78 is 5.50. The van der Waals surface area contributed by atoms with Crippen LogP contribution in [0, 0.1) is 5.92 Å². The van der Waals surface area contributed by atoms with Crippen molar-refractivity contribution in [2.75, 3.05) is 23.4 Å². The second-order valence-corrected chi connectivity index (χ2v) is 6.69. The zero-order valence-corrected chi connectivity index (χ0v) is 15.7. The van der Waals surface area contributed by atoms with E-state index in [2.05, 4.69) is 12.2 Å². The Morgan fingerprint density at radius 3 is 2.39 bits per heavy atom. The van der Waals surface area contributed by atoms with E-state index in [0.29, 0.717) is 11.4 Å². The van der Waals surface area contributed by atoms with Crippen molar-refractivity contribution < 1.29 is 19.1 Å². The van der Waals surface area contributed by atoms with Gasteiger partial charge in [-0.05, 0) is 48.4 Å². The molecule has 3 N–H and O–H groups in total. The van der Waals surface area contributed by atoms with Gasteiger partial charge in [-0.2, -0.15) is 0 Å². The van der Waals surface area contributed by atoms with Gasteiger partial charge in [0.1, 0.15) is 5.75 Å². The molecule has 2 aromatic rings. The maximum Gasteiger partial charge on any atom is 0.262 e. The van der Waals surface area contributed by atoms with E-state index in [1.54, 1.807) is 24.3 Å². The number of carbonyl (C=O) groups excluding carboxylic acids is 3. The number of primary amides is 1. The number of benzene rings is 2. The Balaban J connectivity index is 1.52. The Morgan fingerprint density at radius 1 is 1.14 bits per heavy atom. The van der Waals surface area contributed by atoms with E-state index in [1.165, 1.54) is 10.5 Å². The fraction of sp³-hybridized carbons (Fsp3) is 0.286. The summed E-state index contributed by atoms with van der Waals surface area (Å²) in [5.74, 6) is -0.804. The summed E-state index contributed by atoms with van der Waals surface area (Å²) >= 11 is 0. The summed E-state index contributed by atoms with van der Waals surface area (Å²) in [6, 6.07) is 14.5. The number of ether oxygens (including phenoxy) is 1. The van der Waals surface area contributed by atoms with Crippen LogP contribution in [0.25, 0.3) is 0 Å². The molecule has 0 unspecified atom stereocenters. The molecule has 0 saturated carbocycles. The van der Waals surface area contributed by atoms with Gasteiger partial charge >= 0.3 is 0 Å². The van der Waals surface area contributed by atoms with E-state index in [4.69, 9.17) is 10.5 Å². The number of aryl methyl sites for hydroxylation is 1. The third-order valence-corrected chi connectivity index (χ3v) is 4.69. The lowest BCUT2D eigenvalue weighted by atomic mass is 10.1.